The van der Waals surface area contributed by atoms with Gasteiger partial charge >= 0.3 is 0 Å². The van der Waals surface area contributed by atoms with Gasteiger partial charge in [0.05, 0.1) is 43.7 Å². The van der Waals surface area contributed by atoms with E-state index in [2.05, 4.69) is 74.9 Å². The first kappa shape index (κ1) is 29.1. The van der Waals surface area contributed by atoms with Crippen LogP contribution in [0.2, 0.25) is 5.02 Å². The van der Waals surface area contributed by atoms with Crippen LogP contribution in [0.4, 0.5) is 11.4 Å². The van der Waals surface area contributed by atoms with Crippen LogP contribution < -0.4 is 20.6 Å². The van der Waals surface area contributed by atoms with Crippen LogP contribution in [0.15, 0.2) is 60.0 Å². The van der Waals surface area contributed by atoms with Gasteiger partial charge in [-0.15, -0.1) is 0 Å². The molecule has 2 aromatic heterocycles. The van der Waals surface area contributed by atoms with Gasteiger partial charge in [-0.25, -0.2) is 0 Å². The predicted molar refractivity (Wildman–Crippen MR) is 163 cm³/mol. The van der Waals surface area contributed by atoms with E-state index in [1.165, 1.54) is 5.69 Å². The Balaban J connectivity index is 1.14. The lowest BCUT2D eigenvalue weighted by Crippen LogP contribution is -2.51. The molecule has 5 rings (SSSR count). The molecule has 4 heterocycles. The van der Waals surface area contributed by atoms with Crippen molar-refractivity contribution in [3.63, 3.8) is 0 Å². The summed E-state index contributed by atoms with van der Waals surface area (Å²) in [5.41, 5.74) is 6.62. The molecule has 2 aliphatic heterocycles. The number of benzene rings is 1. The average Bonchev–Trinajstić information content (AvgIpc) is 3.01. The van der Waals surface area contributed by atoms with Crippen molar-refractivity contribution in [2.75, 3.05) is 68.8 Å². The molecule has 0 atom stereocenters. The molecule has 2 saturated heterocycles. The van der Waals surface area contributed by atoms with E-state index >= 15 is 0 Å². The molecule has 1 amide bonds. The van der Waals surface area contributed by atoms with Gasteiger partial charge in [0.15, 0.2) is 0 Å². The zero-order chi connectivity index (χ0) is 28.6. The number of carbonyl (C=O) groups is 1. The molecule has 0 radical (unpaired) electrons. The number of hydrogen-bond donors (Lipinski definition) is 1. The van der Waals surface area contributed by atoms with E-state index in [0.29, 0.717) is 31.3 Å². The third kappa shape index (κ3) is 7.47. The van der Waals surface area contributed by atoms with Gasteiger partial charge in [0.25, 0.3) is 0 Å². The lowest BCUT2D eigenvalue weighted by molar-refractivity contribution is -0.130. The van der Waals surface area contributed by atoms with Gasteiger partial charge in [0, 0.05) is 63.5 Å². The Morgan fingerprint density at radius 3 is 2.51 bits per heavy atom. The second-order valence-electron chi connectivity index (χ2n) is 10.5. The summed E-state index contributed by atoms with van der Waals surface area (Å²) in [6.07, 6.45) is 6.48. The standard InChI is InChI=1S/C31H40ClN7O2/c1-3-26-20-33-21-28(32)31(26)38-12-10-37(11-13-38)30(40)22-34-23-39-9-8-24(2)18-29(39)35-19-25-4-6-27(7-5-25)36-14-16-41-17-15-36/h4-9,18,20-21,34H,3,10-17,19,22-23H2,1-2H3. The van der Waals surface area contributed by atoms with Crippen LogP contribution in [0.3, 0.4) is 0 Å². The normalized spacial score (nSPS) is 16.4. The summed E-state index contributed by atoms with van der Waals surface area (Å²) in [5.74, 6) is 0.104. The van der Waals surface area contributed by atoms with Crippen LogP contribution >= 0.6 is 11.6 Å². The Hall–Kier alpha value is -3.40. The number of pyridine rings is 2. The first-order valence-corrected chi connectivity index (χ1v) is 14.8. The maximum Gasteiger partial charge on any atom is 0.236 e. The average molecular weight is 578 g/mol. The highest BCUT2D eigenvalue weighted by molar-refractivity contribution is 6.33. The van der Waals surface area contributed by atoms with Gasteiger partial charge in [-0.2, -0.15) is 0 Å². The first-order valence-electron chi connectivity index (χ1n) is 14.5. The number of rotatable bonds is 9. The van der Waals surface area contributed by atoms with Crippen molar-refractivity contribution in [3.05, 3.63) is 82.2 Å². The van der Waals surface area contributed by atoms with Crippen LogP contribution in [0.25, 0.3) is 0 Å². The Kier molecular flexibility index (Phi) is 9.92. The highest BCUT2D eigenvalue weighted by Gasteiger charge is 2.23. The van der Waals surface area contributed by atoms with Gasteiger partial charge < -0.3 is 24.0 Å². The van der Waals surface area contributed by atoms with Crippen molar-refractivity contribution < 1.29 is 9.53 Å². The summed E-state index contributed by atoms with van der Waals surface area (Å²) in [7, 11) is 0. The van der Waals surface area contributed by atoms with Crippen LogP contribution in [-0.2, 0) is 29.2 Å². The minimum Gasteiger partial charge on any atom is -0.378 e. The molecule has 218 valence electrons. The van der Waals surface area contributed by atoms with E-state index in [0.717, 1.165) is 73.7 Å². The van der Waals surface area contributed by atoms with Crippen LogP contribution in [0, 0.1) is 6.92 Å². The fraction of sp³-hybridized carbons (Fsp3) is 0.452. The minimum absolute atomic E-state index is 0.104. The SMILES string of the molecule is CCc1cncc(Cl)c1N1CCN(C(=O)CNCn2ccc(C)cc2=NCc2ccc(N3CCOCC3)cc2)CC1. The molecule has 10 heteroatoms. The lowest BCUT2D eigenvalue weighted by Gasteiger charge is -2.37. The number of carbonyl (C=O) groups excluding carboxylic acids is 1. The fourth-order valence-electron chi connectivity index (χ4n) is 5.35. The molecule has 2 aliphatic rings. The number of amides is 1. The maximum atomic E-state index is 13.0. The van der Waals surface area contributed by atoms with Gasteiger partial charge in [0.1, 0.15) is 5.49 Å². The molecular weight excluding hydrogens is 538 g/mol. The Morgan fingerprint density at radius 1 is 1.02 bits per heavy atom. The van der Waals surface area contributed by atoms with Crippen molar-refractivity contribution in [1.29, 1.82) is 0 Å². The fourth-order valence-corrected chi connectivity index (χ4v) is 5.65. The smallest absolute Gasteiger partial charge is 0.236 e. The molecule has 0 aliphatic carbocycles. The topological polar surface area (TPSA) is 78.2 Å². The Labute approximate surface area is 247 Å². The van der Waals surface area contributed by atoms with Crippen molar-refractivity contribution in [2.24, 2.45) is 4.99 Å². The summed E-state index contributed by atoms with van der Waals surface area (Å²) in [6.45, 7) is 11.8. The van der Waals surface area contributed by atoms with E-state index in [4.69, 9.17) is 21.3 Å². The molecule has 0 bridgehead atoms. The molecule has 0 spiro atoms. The van der Waals surface area contributed by atoms with E-state index in [-0.39, 0.29) is 12.5 Å². The molecule has 9 nitrogen and oxygen atoms in total. The third-order valence-corrected chi connectivity index (χ3v) is 8.02. The Bertz CT molecular complexity index is 1380. The number of ether oxygens (including phenoxy) is 1. The van der Waals surface area contributed by atoms with Gasteiger partial charge in [0.2, 0.25) is 5.91 Å². The first-order chi connectivity index (χ1) is 20.0. The monoisotopic (exact) mass is 577 g/mol. The zero-order valence-corrected chi connectivity index (χ0v) is 24.8. The summed E-state index contributed by atoms with van der Waals surface area (Å²) < 4.78 is 7.52. The van der Waals surface area contributed by atoms with E-state index in [1.54, 1.807) is 6.20 Å². The second-order valence-corrected chi connectivity index (χ2v) is 11.0. The number of morpholine rings is 1. The number of aryl methyl sites for hydroxylation is 2. The molecular formula is C31H40ClN7O2. The molecule has 3 aromatic rings. The quantitative estimate of drug-likeness (QED) is 0.421. The summed E-state index contributed by atoms with van der Waals surface area (Å²) >= 11 is 6.47. The van der Waals surface area contributed by atoms with Crippen molar-refractivity contribution in [3.8, 4) is 0 Å². The van der Waals surface area contributed by atoms with E-state index in [9.17, 15) is 4.79 Å². The second kappa shape index (κ2) is 14.0. The van der Waals surface area contributed by atoms with Crippen LogP contribution in [0.1, 0.15) is 23.6 Å². The van der Waals surface area contributed by atoms with E-state index in [1.807, 2.05) is 17.3 Å². The number of nitrogens with one attached hydrogen (secondary N) is 1. The number of hydrogen-bond acceptors (Lipinski definition) is 7. The zero-order valence-electron chi connectivity index (χ0n) is 24.1. The number of nitrogens with zero attached hydrogens (tertiary/aromatic N) is 6. The van der Waals surface area contributed by atoms with Gasteiger partial charge in [-0.1, -0.05) is 30.7 Å². The van der Waals surface area contributed by atoms with E-state index < -0.39 is 0 Å². The number of aromatic nitrogens is 2. The summed E-state index contributed by atoms with van der Waals surface area (Å²) in [6, 6.07) is 12.8. The number of anilines is 2. The highest BCUT2D eigenvalue weighted by Crippen LogP contribution is 2.30. The number of halogens is 1. The van der Waals surface area contributed by atoms with Gasteiger partial charge in [-0.3, -0.25) is 20.1 Å². The summed E-state index contributed by atoms with van der Waals surface area (Å²) in [4.78, 5) is 28.7. The molecule has 2 fully saturated rings. The van der Waals surface area contributed by atoms with Crippen LogP contribution in [0.5, 0.6) is 0 Å². The summed E-state index contributed by atoms with van der Waals surface area (Å²) in [5, 5.41) is 4.00. The van der Waals surface area contributed by atoms with Crippen LogP contribution in [-0.4, -0.2) is 79.4 Å². The largest absolute Gasteiger partial charge is 0.378 e. The van der Waals surface area contributed by atoms with Crippen molar-refractivity contribution in [2.45, 2.75) is 33.5 Å². The maximum absolute atomic E-state index is 13.0. The lowest BCUT2D eigenvalue weighted by atomic mass is 10.1. The molecule has 0 unspecified atom stereocenters. The molecule has 1 N–H and O–H groups in total. The van der Waals surface area contributed by atoms with Crippen molar-refractivity contribution >= 4 is 28.9 Å². The van der Waals surface area contributed by atoms with Crippen molar-refractivity contribution in [1.82, 2.24) is 19.8 Å². The predicted octanol–water partition coefficient (Wildman–Crippen LogP) is 3.24. The number of piperazine rings is 1. The molecule has 1 aromatic carbocycles. The Morgan fingerprint density at radius 2 is 1.78 bits per heavy atom. The third-order valence-electron chi connectivity index (χ3n) is 7.74. The minimum atomic E-state index is 0.104. The molecule has 41 heavy (non-hydrogen) atoms. The van der Waals surface area contributed by atoms with Gasteiger partial charge in [-0.05, 0) is 54.3 Å². The highest BCUT2D eigenvalue weighted by atomic mass is 35.5. The molecule has 0 saturated carbocycles.